The molecule has 4 heteroatoms. The van der Waals surface area contributed by atoms with E-state index < -0.39 is 0 Å². The minimum Gasteiger partial charge on any atom is -0.334 e. The molecule has 1 heterocycles. The molecule has 0 bridgehead atoms. The SMILES string of the molecule is C=C1NC(SCc2c(C)cc(C)cc2C)=NC(C2CCCCC2)=C1C#N. The average Bonchev–Trinajstić information content (AvgIpc) is 2.61. The lowest BCUT2D eigenvalue weighted by Crippen LogP contribution is -2.27. The molecular weight excluding hydrogens is 338 g/mol. The number of aliphatic imine (C=N–C) groups is 1. The van der Waals surface area contributed by atoms with Gasteiger partial charge < -0.3 is 5.32 Å². The van der Waals surface area contributed by atoms with E-state index in [2.05, 4.69) is 50.9 Å². The molecule has 26 heavy (non-hydrogen) atoms. The zero-order chi connectivity index (χ0) is 18.7. The van der Waals surface area contributed by atoms with Gasteiger partial charge >= 0.3 is 0 Å². The van der Waals surface area contributed by atoms with Crippen LogP contribution in [0.3, 0.4) is 0 Å². The number of nitrogens with zero attached hydrogens (tertiary/aromatic N) is 2. The average molecular weight is 366 g/mol. The number of nitriles is 1. The standard InChI is InChI=1S/C22H27N3S/c1-14-10-15(2)20(16(3)11-14)13-26-22-24-17(4)19(12-23)21(25-22)18-8-6-5-7-9-18/h10-11,18H,4-9,13H2,1-3H3,(H,24,25). The van der Waals surface area contributed by atoms with Crippen molar-refractivity contribution < 1.29 is 0 Å². The minimum atomic E-state index is 0.399. The zero-order valence-corrected chi connectivity index (χ0v) is 16.8. The first-order valence-electron chi connectivity index (χ1n) is 9.38. The molecule has 1 N–H and O–H groups in total. The van der Waals surface area contributed by atoms with Gasteiger partial charge in [0.25, 0.3) is 0 Å². The van der Waals surface area contributed by atoms with Crippen molar-refractivity contribution in [2.24, 2.45) is 10.9 Å². The molecule has 1 fully saturated rings. The second-order valence-corrected chi connectivity index (χ2v) is 8.36. The van der Waals surface area contributed by atoms with E-state index in [4.69, 9.17) is 4.99 Å². The lowest BCUT2D eigenvalue weighted by atomic mass is 9.85. The largest absolute Gasteiger partial charge is 0.334 e. The van der Waals surface area contributed by atoms with Gasteiger partial charge in [-0.05, 0) is 50.3 Å². The molecule has 1 aromatic rings. The van der Waals surface area contributed by atoms with Crippen LogP contribution in [0.5, 0.6) is 0 Å². The van der Waals surface area contributed by atoms with Crippen molar-refractivity contribution >= 4 is 16.9 Å². The number of allylic oxidation sites excluding steroid dienone is 2. The van der Waals surface area contributed by atoms with Crippen molar-refractivity contribution in [2.75, 3.05) is 0 Å². The molecule has 1 aromatic carbocycles. The van der Waals surface area contributed by atoms with Gasteiger partial charge in [0.2, 0.25) is 0 Å². The van der Waals surface area contributed by atoms with Crippen LogP contribution in [0.4, 0.5) is 0 Å². The summed E-state index contributed by atoms with van der Waals surface area (Å²) in [6.07, 6.45) is 6.01. The van der Waals surface area contributed by atoms with E-state index >= 15 is 0 Å². The van der Waals surface area contributed by atoms with Crippen LogP contribution in [-0.4, -0.2) is 5.17 Å². The molecule has 0 atom stereocenters. The van der Waals surface area contributed by atoms with Gasteiger partial charge in [0.05, 0.1) is 17.0 Å². The molecule has 0 radical (unpaired) electrons. The summed E-state index contributed by atoms with van der Waals surface area (Å²) in [5.41, 5.74) is 7.61. The lowest BCUT2D eigenvalue weighted by Gasteiger charge is -2.27. The second kappa shape index (κ2) is 8.14. The number of aryl methyl sites for hydroxylation is 3. The molecular formula is C22H27N3S. The molecule has 1 saturated carbocycles. The number of nitrogens with one attached hydrogen (secondary N) is 1. The summed E-state index contributed by atoms with van der Waals surface area (Å²) in [5.74, 6) is 1.27. The Hall–Kier alpha value is -1.99. The first kappa shape index (κ1) is 18.8. The maximum atomic E-state index is 9.57. The maximum absolute atomic E-state index is 9.57. The molecule has 0 aromatic heterocycles. The summed E-state index contributed by atoms with van der Waals surface area (Å²) in [5, 5.41) is 13.7. The topological polar surface area (TPSA) is 48.2 Å². The number of rotatable bonds is 3. The highest BCUT2D eigenvalue weighted by atomic mass is 32.2. The third-order valence-corrected chi connectivity index (χ3v) is 6.23. The molecule has 1 aliphatic heterocycles. The summed E-state index contributed by atoms with van der Waals surface area (Å²) in [7, 11) is 0. The molecule has 1 aliphatic carbocycles. The van der Waals surface area contributed by atoms with Crippen LogP contribution in [0.15, 0.2) is 40.7 Å². The minimum absolute atomic E-state index is 0.399. The molecule has 3 nitrogen and oxygen atoms in total. The molecule has 0 saturated heterocycles. The summed E-state index contributed by atoms with van der Waals surface area (Å²) in [4.78, 5) is 4.86. The Balaban J connectivity index is 1.82. The number of amidine groups is 1. The Morgan fingerprint density at radius 3 is 2.46 bits per heavy atom. The molecule has 0 amide bonds. The first-order valence-corrected chi connectivity index (χ1v) is 10.4. The van der Waals surface area contributed by atoms with Gasteiger partial charge in [0, 0.05) is 11.7 Å². The maximum Gasteiger partial charge on any atom is 0.166 e. The predicted octanol–water partition coefficient (Wildman–Crippen LogP) is 5.68. The lowest BCUT2D eigenvalue weighted by molar-refractivity contribution is 0.399. The van der Waals surface area contributed by atoms with Crippen LogP contribution in [0.1, 0.15) is 54.4 Å². The van der Waals surface area contributed by atoms with E-state index in [1.807, 2.05) is 0 Å². The summed E-state index contributed by atoms with van der Waals surface area (Å²) in [6.45, 7) is 10.6. The highest BCUT2D eigenvalue weighted by molar-refractivity contribution is 8.13. The van der Waals surface area contributed by atoms with E-state index in [1.54, 1.807) is 11.8 Å². The van der Waals surface area contributed by atoms with Crippen LogP contribution in [0.25, 0.3) is 0 Å². The Morgan fingerprint density at radius 1 is 1.19 bits per heavy atom. The van der Waals surface area contributed by atoms with Gasteiger partial charge in [-0.25, -0.2) is 4.99 Å². The first-order chi connectivity index (χ1) is 12.5. The predicted molar refractivity (Wildman–Crippen MR) is 111 cm³/mol. The normalized spacial score (nSPS) is 18.4. The number of hydrogen-bond donors (Lipinski definition) is 1. The summed E-state index contributed by atoms with van der Waals surface area (Å²) >= 11 is 1.70. The third-order valence-electron chi connectivity index (χ3n) is 5.34. The molecule has 3 rings (SSSR count). The number of hydrogen-bond acceptors (Lipinski definition) is 4. The molecule has 0 unspecified atom stereocenters. The van der Waals surface area contributed by atoms with Crippen molar-refractivity contribution in [3.05, 3.63) is 57.9 Å². The van der Waals surface area contributed by atoms with E-state index in [0.29, 0.717) is 17.2 Å². The highest BCUT2D eigenvalue weighted by Gasteiger charge is 2.26. The van der Waals surface area contributed by atoms with Crippen LogP contribution >= 0.6 is 11.8 Å². The van der Waals surface area contributed by atoms with Crippen molar-refractivity contribution in [3.8, 4) is 6.07 Å². The Labute approximate surface area is 161 Å². The Kier molecular flexibility index (Phi) is 5.88. The monoisotopic (exact) mass is 365 g/mol. The van der Waals surface area contributed by atoms with Crippen LogP contribution in [0, 0.1) is 38.0 Å². The van der Waals surface area contributed by atoms with Gasteiger partial charge in [-0.1, -0.05) is 55.3 Å². The van der Waals surface area contributed by atoms with Crippen molar-refractivity contribution in [3.63, 3.8) is 0 Å². The molecule has 2 aliphatic rings. The molecule has 136 valence electrons. The quantitative estimate of drug-likeness (QED) is 0.750. The van der Waals surface area contributed by atoms with Crippen LogP contribution in [0.2, 0.25) is 0 Å². The fourth-order valence-electron chi connectivity index (χ4n) is 3.98. The van der Waals surface area contributed by atoms with Crippen molar-refractivity contribution in [1.29, 1.82) is 5.26 Å². The highest BCUT2D eigenvalue weighted by Crippen LogP contribution is 2.36. The Bertz CT molecular complexity index is 797. The van der Waals surface area contributed by atoms with Crippen molar-refractivity contribution in [2.45, 2.75) is 58.6 Å². The zero-order valence-electron chi connectivity index (χ0n) is 16.0. The second-order valence-electron chi connectivity index (χ2n) is 7.39. The summed E-state index contributed by atoms with van der Waals surface area (Å²) in [6, 6.07) is 6.79. The van der Waals surface area contributed by atoms with E-state index in [0.717, 1.165) is 29.5 Å². The van der Waals surface area contributed by atoms with E-state index in [-0.39, 0.29) is 0 Å². The van der Waals surface area contributed by atoms with Crippen LogP contribution in [-0.2, 0) is 5.75 Å². The number of benzene rings is 1. The fourth-order valence-corrected chi connectivity index (χ4v) is 5.08. The van der Waals surface area contributed by atoms with E-state index in [1.165, 1.54) is 41.5 Å². The van der Waals surface area contributed by atoms with Gasteiger partial charge in [-0.15, -0.1) is 0 Å². The summed E-state index contributed by atoms with van der Waals surface area (Å²) < 4.78 is 0. The number of thioether (sulfide) groups is 1. The van der Waals surface area contributed by atoms with Gasteiger partial charge in [0.1, 0.15) is 6.07 Å². The Morgan fingerprint density at radius 2 is 1.85 bits per heavy atom. The smallest absolute Gasteiger partial charge is 0.166 e. The fraction of sp³-hybridized carbons (Fsp3) is 0.455. The van der Waals surface area contributed by atoms with E-state index in [9.17, 15) is 5.26 Å². The van der Waals surface area contributed by atoms with Crippen molar-refractivity contribution in [1.82, 2.24) is 5.32 Å². The molecule has 0 spiro atoms. The van der Waals surface area contributed by atoms with Gasteiger partial charge in [-0.3, -0.25) is 0 Å². The van der Waals surface area contributed by atoms with Gasteiger partial charge in [0.15, 0.2) is 5.17 Å². The third kappa shape index (κ3) is 4.04. The van der Waals surface area contributed by atoms with Crippen LogP contribution < -0.4 is 5.32 Å². The van der Waals surface area contributed by atoms with Gasteiger partial charge in [-0.2, -0.15) is 5.26 Å².